The molecule has 0 amide bonds. The third-order valence-corrected chi connectivity index (χ3v) is 0.703. The Morgan fingerprint density at radius 2 is 2.33 bits per heavy atom. The van der Waals surface area contributed by atoms with Crippen LogP contribution >= 0.6 is 0 Å². The predicted molar refractivity (Wildman–Crippen MR) is 29.8 cm³/mol. The van der Waals surface area contributed by atoms with Crippen molar-refractivity contribution in [1.29, 1.82) is 0 Å². The Hall–Kier alpha value is -0.610. The SMILES string of the molecule is CCOC(=O)CCOO. The van der Waals surface area contributed by atoms with E-state index in [-0.39, 0.29) is 19.0 Å². The van der Waals surface area contributed by atoms with Crippen LogP contribution in [0.4, 0.5) is 0 Å². The third kappa shape index (κ3) is 5.26. The summed E-state index contributed by atoms with van der Waals surface area (Å²) in [7, 11) is 0. The lowest BCUT2D eigenvalue weighted by Crippen LogP contribution is -2.06. The molecule has 0 heterocycles. The number of esters is 1. The highest BCUT2D eigenvalue weighted by Crippen LogP contribution is 1.84. The number of ether oxygens (including phenoxy) is 1. The van der Waals surface area contributed by atoms with Crippen LogP contribution in [0.25, 0.3) is 0 Å². The molecular weight excluding hydrogens is 124 g/mol. The van der Waals surface area contributed by atoms with Gasteiger partial charge in [0.05, 0.1) is 19.6 Å². The van der Waals surface area contributed by atoms with Gasteiger partial charge in [0, 0.05) is 0 Å². The quantitative estimate of drug-likeness (QED) is 0.344. The molecule has 0 spiro atoms. The van der Waals surface area contributed by atoms with Gasteiger partial charge >= 0.3 is 5.97 Å². The van der Waals surface area contributed by atoms with E-state index in [1.54, 1.807) is 6.92 Å². The van der Waals surface area contributed by atoms with Crippen molar-refractivity contribution >= 4 is 5.97 Å². The van der Waals surface area contributed by atoms with Crippen molar-refractivity contribution in [2.45, 2.75) is 13.3 Å². The number of carbonyl (C=O) groups excluding carboxylic acids is 1. The molecule has 0 unspecified atom stereocenters. The minimum Gasteiger partial charge on any atom is -0.466 e. The predicted octanol–water partition coefficient (Wildman–Crippen LogP) is 0.429. The maximum Gasteiger partial charge on any atom is 0.308 e. The van der Waals surface area contributed by atoms with Gasteiger partial charge in [-0.25, -0.2) is 4.89 Å². The van der Waals surface area contributed by atoms with Crippen molar-refractivity contribution in [3.63, 3.8) is 0 Å². The van der Waals surface area contributed by atoms with E-state index in [0.29, 0.717) is 6.61 Å². The molecule has 0 atom stereocenters. The Morgan fingerprint density at radius 3 is 2.78 bits per heavy atom. The highest BCUT2D eigenvalue weighted by atomic mass is 17.1. The van der Waals surface area contributed by atoms with Crippen LogP contribution in [-0.2, 0) is 14.4 Å². The average Bonchev–Trinajstić information content (AvgIpc) is 1.85. The normalized spacial score (nSPS) is 9.11. The molecule has 0 aliphatic carbocycles. The van der Waals surface area contributed by atoms with Crippen molar-refractivity contribution in [1.82, 2.24) is 0 Å². The highest BCUT2D eigenvalue weighted by Gasteiger charge is 1.98. The Bertz CT molecular complexity index is 81.0. The van der Waals surface area contributed by atoms with E-state index in [0.717, 1.165) is 0 Å². The standard InChI is InChI=1S/C5H10O4/c1-2-8-5(6)3-4-9-7/h7H,2-4H2,1H3. The van der Waals surface area contributed by atoms with Crippen LogP contribution in [0.2, 0.25) is 0 Å². The number of rotatable bonds is 4. The van der Waals surface area contributed by atoms with E-state index >= 15 is 0 Å². The lowest BCUT2D eigenvalue weighted by Gasteiger charge is -1.97. The van der Waals surface area contributed by atoms with E-state index in [9.17, 15) is 4.79 Å². The summed E-state index contributed by atoms with van der Waals surface area (Å²) < 4.78 is 4.51. The lowest BCUT2D eigenvalue weighted by atomic mass is 10.5. The van der Waals surface area contributed by atoms with Crippen molar-refractivity contribution in [3.05, 3.63) is 0 Å². The summed E-state index contributed by atoms with van der Waals surface area (Å²) in [5.74, 6) is -0.355. The molecule has 0 rings (SSSR count). The molecule has 0 fully saturated rings. The molecule has 0 aliphatic heterocycles. The highest BCUT2D eigenvalue weighted by molar-refractivity contribution is 5.69. The van der Waals surface area contributed by atoms with Gasteiger partial charge in [-0.2, -0.15) is 0 Å². The zero-order valence-electron chi connectivity index (χ0n) is 5.29. The van der Waals surface area contributed by atoms with Crippen LogP contribution in [0, 0.1) is 0 Å². The summed E-state index contributed by atoms with van der Waals surface area (Å²) in [4.78, 5) is 14.0. The number of hydrogen-bond donors (Lipinski definition) is 1. The Kier molecular flexibility index (Phi) is 5.15. The zero-order chi connectivity index (χ0) is 7.11. The fourth-order valence-electron chi connectivity index (χ4n) is 0.362. The van der Waals surface area contributed by atoms with Crippen LogP contribution < -0.4 is 0 Å². The van der Waals surface area contributed by atoms with Gasteiger partial charge in [-0.05, 0) is 6.92 Å². The molecule has 4 heteroatoms. The summed E-state index contributed by atoms with van der Waals surface area (Å²) in [5, 5.41) is 7.78. The molecule has 0 aromatic heterocycles. The minimum atomic E-state index is -0.355. The summed E-state index contributed by atoms with van der Waals surface area (Å²) in [6.45, 7) is 2.08. The molecule has 0 radical (unpaired) electrons. The number of hydrogen-bond acceptors (Lipinski definition) is 4. The molecular formula is C5H10O4. The first-order chi connectivity index (χ1) is 4.31. The fourth-order valence-corrected chi connectivity index (χ4v) is 0.362. The summed E-state index contributed by atoms with van der Waals surface area (Å²) in [6, 6.07) is 0. The maximum atomic E-state index is 10.4. The van der Waals surface area contributed by atoms with Gasteiger partial charge in [0.1, 0.15) is 0 Å². The molecule has 0 aliphatic rings. The second-order valence-electron chi connectivity index (χ2n) is 1.39. The second kappa shape index (κ2) is 5.53. The first-order valence-electron chi connectivity index (χ1n) is 2.73. The Balaban J connectivity index is 3.06. The largest absolute Gasteiger partial charge is 0.466 e. The molecule has 0 aromatic rings. The van der Waals surface area contributed by atoms with Gasteiger partial charge in [-0.15, -0.1) is 0 Å². The first kappa shape index (κ1) is 8.39. The summed E-state index contributed by atoms with van der Waals surface area (Å²) in [5.41, 5.74) is 0. The molecule has 9 heavy (non-hydrogen) atoms. The molecule has 0 bridgehead atoms. The van der Waals surface area contributed by atoms with Gasteiger partial charge in [0.25, 0.3) is 0 Å². The topological polar surface area (TPSA) is 55.8 Å². The second-order valence-corrected chi connectivity index (χ2v) is 1.39. The number of carbonyl (C=O) groups is 1. The smallest absolute Gasteiger partial charge is 0.308 e. The summed E-state index contributed by atoms with van der Waals surface area (Å²) in [6.07, 6.45) is 0.102. The van der Waals surface area contributed by atoms with Crippen molar-refractivity contribution < 1.29 is 19.7 Å². The lowest BCUT2D eigenvalue weighted by molar-refractivity contribution is -0.243. The molecule has 0 saturated heterocycles. The molecule has 4 nitrogen and oxygen atoms in total. The van der Waals surface area contributed by atoms with Crippen LogP contribution in [0.3, 0.4) is 0 Å². The van der Waals surface area contributed by atoms with E-state index in [1.807, 2.05) is 0 Å². The van der Waals surface area contributed by atoms with Gasteiger partial charge in [0.15, 0.2) is 0 Å². The summed E-state index contributed by atoms with van der Waals surface area (Å²) >= 11 is 0. The molecule has 1 N–H and O–H groups in total. The van der Waals surface area contributed by atoms with Crippen LogP contribution in [0.1, 0.15) is 13.3 Å². The monoisotopic (exact) mass is 134 g/mol. The molecule has 0 aromatic carbocycles. The average molecular weight is 134 g/mol. The van der Waals surface area contributed by atoms with Crippen LogP contribution in [0.15, 0.2) is 0 Å². The van der Waals surface area contributed by atoms with Crippen molar-refractivity contribution in [3.8, 4) is 0 Å². The van der Waals surface area contributed by atoms with Crippen LogP contribution in [-0.4, -0.2) is 24.4 Å². The fraction of sp³-hybridized carbons (Fsp3) is 0.800. The van der Waals surface area contributed by atoms with Crippen molar-refractivity contribution in [2.75, 3.05) is 13.2 Å². The molecule has 54 valence electrons. The van der Waals surface area contributed by atoms with E-state index in [4.69, 9.17) is 5.26 Å². The van der Waals surface area contributed by atoms with Crippen molar-refractivity contribution in [2.24, 2.45) is 0 Å². The maximum absolute atomic E-state index is 10.4. The third-order valence-electron chi connectivity index (χ3n) is 0.703. The van der Waals surface area contributed by atoms with E-state index < -0.39 is 0 Å². The zero-order valence-corrected chi connectivity index (χ0v) is 5.29. The molecule has 0 saturated carbocycles. The van der Waals surface area contributed by atoms with E-state index in [2.05, 4.69) is 9.62 Å². The first-order valence-corrected chi connectivity index (χ1v) is 2.73. The minimum absolute atomic E-state index is 0.00116. The van der Waals surface area contributed by atoms with E-state index in [1.165, 1.54) is 0 Å². The van der Waals surface area contributed by atoms with Gasteiger partial charge in [-0.3, -0.25) is 10.1 Å². The van der Waals surface area contributed by atoms with Gasteiger partial charge in [-0.1, -0.05) is 0 Å². The van der Waals surface area contributed by atoms with Crippen LogP contribution in [0.5, 0.6) is 0 Å². The van der Waals surface area contributed by atoms with Gasteiger partial charge < -0.3 is 4.74 Å². The van der Waals surface area contributed by atoms with Gasteiger partial charge in [0.2, 0.25) is 0 Å². The Morgan fingerprint density at radius 1 is 1.67 bits per heavy atom. The Labute approximate surface area is 53.3 Å².